The van der Waals surface area contributed by atoms with E-state index in [0.717, 1.165) is 34.7 Å². The highest BCUT2D eigenvalue weighted by molar-refractivity contribution is 7.24. The maximum absolute atomic E-state index is 14.3. The minimum atomic E-state index is -0.764. The first-order valence-corrected chi connectivity index (χ1v) is 9.84. The van der Waals surface area contributed by atoms with E-state index in [4.69, 9.17) is 0 Å². The van der Waals surface area contributed by atoms with Gasteiger partial charge in [-0.3, -0.25) is 9.78 Å². The lowest BCUT2D eigenvalue weighted by Crippen LogP contribution is -2.06. The Morgan fingerprint density at radius 2 is 1.79 bits per heavy atom. The van der Waals surface area contributed by atoms with Crippen LogP contribution in [0, 0.1) is 11.6 Å². The van der Waals surface area contributed by atoms with Gasteiger partial charge >= 0.3 is 0 Å². The Labute approximate surface area is 168 Å². The number of aromatic nitrogens is 1. The van der Waals surface area contributed by atoms with Crippen LogP contribution < -0.4 is 10.7 Å². The molecule has 0 saturated carbocycles. The summed E-state index contributed by atoms with van der Waals surface area (Å²) >= 11 is 1.11. The van der Waals surface area contributed by atoms with Crippen molar-refractivity contribution in [1.82, 2.24) is 4.98 Å². The van der Waals surface area contributed by atoms with Gasteiger partial charge in [-0.1, -0.05) is 36.4 Å². The fourth-order valence-corrected chi connectivity index (χ4v) is 4.59. The highest BCUT2D eigenvalue weighted by Crippen LogP contribution is 2.34. The number of halogens is 2. The van der Waals surface area contributed by atoms with Gasteiger partial charge in [-0.15, -0.1) is 11.3 Å². The lowest BCUT2D eigenvalue weighted by molar-refractivity contribution is 0.593. The molecule has 1 N–H and O–H groups in total. The molecule has 0 aliphatic rings. The number of benzene rings is 3. The SMILES string of the molecule is O=c1c2cc(F)cc(F)c2sc2cnc3cccc(NCc4ccccc4)c3c12. The van der Waals surface area contributed by atoms with E-state index in [1.165, 1.54) is 0 Å². The number of fused-ring (bicyclic) bond motifs is 4. The van der Waals surface area contributed by atoms with Crippen molar-refractivity contribution in [1.29, 1.82) is 0 Å². The van der Waals surface area contributed by atoms with Crippen molar-refractivity contribution >= 4 is 48.1 Å². The topological polar surface area (TPSA) is 42.0 Å². The van der Waals surface area contributed by atoms with Crippen LogP contribution in [0.1, 0.15) is 5.56 Å². The number of nitrogens with zero attached hydrogens (tertiary/aromatic N) is 1. The zero-order chi connectivity index (χ0) is 20.0. The summed E-state index contributed by atoms with van der Waals surface area (Å²) in [6.45, 7) is 0.574. The molecule has 142 valence electrons. The first-order chi connectivity index (χ1) is 14.1. The summed E-state index contributed by atoms with van der Waals surface area (Å²) in [6.07, 6.45) is 1.58. The van der Waals surface area contributed by atoms with Crippen LogP contribution in [0.5, 0.6) is 0 Å². The second-order valence-electron chi connectivity index (χ2n) is 6.73. The third-order valence-electron chi connectivity index (χ3n) is 4.88. The van der Waals surface area contributed by atoms with E-state index in [1.807, 2.05) is 48.5 Å². The monoisotopic (exact) mass is 404 g/mol. The van der Waals surface area contributed by atoms with Crippen LogP contribution in [-0.4, -0.2) is 4.98 Å². The lowest BCUT2D eigenvalue weighted by Gasteiger charge is -2.12. The quantitative estimate of drug-likeness (QED) is 0.303. The Kier molecular flexibility index (Phi) is 4.21. The standard InChI is InChI=1S/C23H14F2N2OS/c24-14-9-15-22(28)21-19(29-23(15)16(25)10-14)12-27-18-8-4-7-17(20(18)21)26-11-13-5-2-1-3-6-13/h1-10,12,26H,11H2. The zero-order valence-electron chi connectivity index (χ0n) is 15.1. The Bertz CT molecular complexity index is 1450. The highest BCUT2D eigenvalue weighted by Gasteiger charge is 2.16. The fraction of sp³-hybridized carbons (Fsp3) is 0.0435. The van der Waals surface area contributed by atoms with E-state index in [0.29, 0.717) is 27.5 Å². The molecule has 6 heteroatoms. The normalized spacial score (nSPS) is 11.4. The van der Waals surface area contributed by atoms with Crippen molar-refractivity contribution in [3.8, 4) is 0 Å². The summed E-state index contributed by atoms with van der Waals surface area (Å²) in [5.74, 6) is -1.50. The van der Waals surface area contributed by atoms with Crippen LogP contribution in [0.2, 0.25) is 0 Å². The molecule has 0 atom stereocenters. The van der Waals surface area contributed by atoms with Crippen molar-refractivity contribution in [2.45, 2.75) is 6.54 Å². The molecular formula is C23H14F2N2OS. The third-order valence-corrected chi connectivity index (χ3v) is 6.03. The van der Waals surface area contributed by atoms with Gasteiger partial charge in [0.1, 0.15) is 11.6 Å². The van der Waals surface area contributed by atoms with Crippen molar-refractivity contribution < 1.29 is 8.78 Å². The number of rotatable bonds is 3. The second-order valence-corrected chi connectivity index (χ2v) is 7.78. The molecule has 5 aromatic rings. The summed E-state index contributed by atoms with van der Waals surface area (Å²) in [5, 5.41) is 4.50. The highest BCUT2D eigenvalue weighted by atomic mass is 32.1. The molecule has 0 saturated heterocycles. The minimum Gasteiger partial charge on any atom is -0.380 e. The van der Waals surface area contributed by atoms with Crippen LogP contribution in [-0.2, 0) is 6.54 Å². The predicted molar refractivity (Wildman–Crippen MR) is 115 cm³/mol. The van der Waals surface area contributed by atoms with Crippen molar-refractivity contribution in [2.75, 3.05) is 5.32 Å². The van der Waals surface area contributed by atoms with Gasteiger partial charge in [0.05, 0.1) is 20.3 Å². The van der Waals surface area contributed by atoms with Gasteiger partial charge in [-0.25, -0.2) is 8.78 Å². The Hall–Kier alpha value is -3.38. The first-order valence-electron chi connectivity index (χ1n) is 9.03. The van der Waals surface area contributed by atoms with E-state index in [1.54, 1.807) is 6.20 Å². The van der Waals surface area contributed by atoms with Gasteiger partial charge < -0.3 is 5.32 Å². The molecule has 0 aliphatic carbocycles. The minimum absolute atomic E-state index is 0.0466. The Morgan fingerprint density at radius 3 is 2.62 bits per heavy atom. The van der Waals surface area contributed by atoms with E-state index < -0.39 is 17.1 Å². The molecule has 0 amide bonds. The van der Waals surface area contributed by atoms with Crippen molar-refractivity contribution in [3.63, 3.8) is 0 Å². The predicted octanol–water partition coefficient (Wildman–Crippen LogP) is 5.85. The number of hydrogen-bond donors (Lipinski definition) is 1. The molecule has 5 rings (SSSR count). The summed E-state index contributed by atoms with van der Waals surface area (Å²) < 4.78 is 28.7. The van der Waals surface area contributed by atoms with Gasteiger partial charge in [-0.2, -0.15) is 0 Å². The number of anilines is 1. The zero-order valence-corrected chi connectivity index (χ0v) is 15.9. The molecule has 2 aromatic heterocycles. The maximum atomic E-state index is 14.3. The van der Waals surface area contributed by atoms with Gasteiger partial charge in [0, 0.05) is 35.3 Å². The fourth-order valence-electron chi connectivity index (χ4n) is 3.55. The summed E-state index contributed by atoms with van der Waals surface area (Å²) in [5.41, 5.74) is 2.10. The number of pyridine rings is 1. The molecule has 3 aromatic carbocycles. The van der Waals surface area contributed by atoms with Gasteiger partial charge in [-0.05, 0) is 23.8 Å². The molecule has 0 unspecified atom stereocenters. The van der Waals surface area contributed by atoms with E-state index >= 15 is 0 Å². The van der Waals surface area contributed by atoms with E-state index in [2.05, 4.69) is 10.3 Å². The summed E-state index contributed by atoms with van der Waals surface area (Å²) in [6, 6.07) is 17.4. The maximum Gasteiger partial charge on any atom is 0.196 e. The van der Waals surface area contributed by atoms with Gasteiger partial charge in [0.25, 0.3) is 0 Å². The van der Waals surface area contributed by atoms with Crippen molar-refractivity contribution in [3.05, 3.63) is 94.3 Å². The molecule has 0 bridgehead atoms. The van der Waals surface area contributed by atoms with Crippen LogP contribution in [0.25, 0.3) is 31.1 Å². The van der Waals surface area contributed by atoms with Gasteiger partial charge in [0.15, 0.2) is 5.43 Å². The van der Waals surface area contributed by atoms with Crippen molar-refractivity contribution in [2.24, 2.45) is 0 Å². The Morgan fingerprint density at radius 1 is 0.966 bits per heavy atom. The second kappa shape index (κ2) is 6.90. The molecule has 29 heavy (non-hydrogen) atoms. The van der Waals surface area contributed by atoms with Crippen LogP contribution in [0.15, 0.2) is 71.7 Å². The first kappa shape index (κ1) is 17.7. The largest absolute Gasteiger partial charge is 0.380 e. The lowest BCUT2D eigenvalue weighted by atomic mass is 10.1. The smallest absolute Gasteiger partial charge is 0.196 e. The number of hydrogen-bond acceptors (Lipinski definition) is 4. The van der Waals surface area contributed by atoms with E-state index in [9.17, 15) is 13.6 Å². The van der Waals surface area contributed by atoms with Gasteiger partial charge in [0.2, 0.25) is 0 Å². The molecule has 0 fully saturated rings. The summed E-state index contributed by atoms with van der Waals surface area (Å²) in [7, 11) is 0. The molecule has 0 radical (unpaired) electrons. The van der Waals surface area contributed by atoms with Crippen LogP contribution >= 0.6 is 11.3 Å². The molecular weight excluding hydrogens is 390 g/mol. The summed E-state index contributed by atoms with van der Waals surface area (Å²) in [4.78, 5) is 17.7. The number of nitrogens with one attached hydrogen (secondary N) is 1. The average molecular weight is 404 g/mol. The molecule has 0 spiro atoms. The molecule has 3 nitrogen and oxygen atoms in total. The third kappa shape index (κ3) is 3.02. The molecule has 2 heterocycles. The molecule has 0 aliphatic heterocycles. The van der Waals surface area contributed by atoms with E-state index in [-0.39, 0.29) is 10.1 Å². The average Bonchev–Trinajstić information content (AvgIpc) is 2.73. The Balaban J connectivity index is 1.79. The van der Waals surface area contributed by atoms with Crippen LogP contribution in [0.3, 0.4) is 0 Å². The van der Waals surface area contributed by atoms with Crippen LogP contribution in [0.4, 0.5) is 14.5 Å².